The third-order valence-electron chi connectivity index (χ3n) is 6.93. The Balaban J connectivity index is 1.22. The van der Waals surface area contributed by atoms with Crippen molar-refractivity contribution < 1.29 is 29.2 Å². The molecule has 9 heteroatoms. The average Bonchev–Trinajstić information content (AvgIpc) is 3.18. The minimum Gasteiger partial charge on any atom is -0.364 e. The van der Waals surface area contributed by atoms with Gasteiger partial charge in [-0.15, -0.1) is 5.06 Å². The quantitative estimate of drug-likeness (QED) is 0.547. The number of rotatable bonds is 6. The molecule has 9 nitrogen and oxygen atoms in total. The van der Waals surface area contributed by atoms with Gasteiger partial charge in [-0.3, -0.25) is 14.4 Å². The normalized spacial score (nSPS) is 31.4. The molecule has 0 aromatic heterocycles. The lowest BCUT2D eigenvalue weighted by Gasteiger charge is -2.34. The molecule has 1 aromatic carbocycles. The average molecular weight is 429 g/mol. The third-order valence-corrected chi connectivity index (χ3v) is 6.93. The number of hydrogen-bond donors (Lipinski definition) is 1. The molecule has 1 N–H and O–H groups in total. The zero-order valence-electron chi connectivity index (χ0n) is 17.3. The van der Waals surface area contributed by atoms with Gasteiger partial charge in [0.15, 0.2) is 0 Å². The third kappa shape index (κ3) is 3.60. The van der Waals surface area contributed by atoms with Crippen LogP contribution in [0, 0.1) is 11.8 Å². The molecule has 4 aliphatic rings. The summed E-state index contributed by atoms with van der Waals surface area (Å²) in [6, 6.07) is 8.51. The molecule has 3 heterocycles. The standard InChI is InChI=1S/C22H27N3O6/c26-19-16-8-4-5-9-17(16)20(27)25(19)31-21(28)18-11-10-15-12-23(18)22(29)24(15)30-13-14-6-2-1-3-7-14/h1-3,6-7,15-18,21,28H,4-5,8-13H2/t15-,16?,17?,18+,21?/m1/s1. The molecule has 5 rings (SSSR count). The first-order chi connectivity index (χ1) is 15.0. The monoisotopic (exact) mass is 429 g/mol. The van der Waals surface area contributed by atoms with Crippen LogP contribution in [0.1, 0.15) is 44.1 Å². The summed E-state index contributed by atoms with van der Waals surface area (Å²) in [6.45, 7) is 0.687. The number of piperidine rings is 1. The van der Waals surface area contributed by atoms with Crippen LogP contribution < -0.4 is 0 Å². The maximum atomic E-state index is 12.9. The highest BCUT2D eigenvalue weighted by Gasteiger charge is 2.52. The second kappa shape index (κ2) is 8.22. The number of imide groups is 1. The number of benzene rings is 1. The molecular formula is C22H27N3O6. The summed E-state index contributed by atoms with van der Waals surface area (Å²) >= 11 is 0. The molecule has 4 amide bonds. The van der Waals surface area contributed by atoms with Crippen LogP contribution in [0.2, 0.25) is 0 Å². The molecule has 31 heavy (non-hydrogen) atoms. The molecule has 5 atom stereocenters. The topological polar surface area (TPSA) is 99.6 Å². The SMILES string of the molecule is O=C1C2CCCCC2C(=O)N1OC(O)[C@@H]1CC[C@@H]2CN1C(=O)N2OCc1ccccc1. The van der Waals surface area contributed by atoms with Gasteiger partial charge in [0.05, 0.1) is 23.9 Å². The summed E-state index contributed by atoms with van der Waals surface area (Å²) in [7, 11) is 0. The van der Waals surface area contributed by atoms with Gasteiger partial charge < -0.3 is 10.0 Å². The lowest BCUT2D eigenvalue weighted by molar-refractivity contribution is -0.260. The highest BCUT2D eigenvalue weighted by Crippen LogP contribution is 2.39. The number of nitrogens with zero attached hydrogens (tertiary/aromatic N) is 3. The van der Waals surface area contributed by atoms with Crippen LogP contribution >= 0.6 is 0 Å². The van der Waals surface area contributed by atoms with Crippen molar-refractivity contribution in [3.05, 3.63) is 35.9 Å². The van der Waals surface area contributed by atoms with Crippen LogP contribution in [0.15, 0.2) is 30.3 Å². The first-order valence-corrected chi connectivity index (χ1v) is 11.0. The zero-order chi connectivity index (χ0) is 21.5. The molecule has 3 saturated heterocycles. The number of fused-ring (bicyclic) bond motifs is 3. The predicted molar refractivity (Wildman–Crippen MR) is 106 cm³/mol. The molecule has 4 fully saturated rings. The number of hydrogen-bond acceptors (Lipinski definition) is 6. The molecular weight excluding hydrogens is 402 g/mol. The van der Waals surface area contributed by atoms with Crippen LogP contribution in [0.25, 0.3) is 0 Å². The van der Waals surface area contributed by atoms with Crippen molar-refractivity contribution in [1.82, 2.24) is 15.0 Å². The maximum Gasteiger partial charge on any atom is 0.344 e. The summed E-state index contributed by atoms with van der Waals surface area (Å²) in [5.41, 5.74) is 0.958. The Morgan fingerprint density at radius 2 is 1.65 bits per heavy atom. The fourth-order valence-corrected chi connectivity index (χ4v) is 5.26. The number of hydroxylamine groups is 4. The van der Waals surface area contributed by atoms with Crippen molar-refractivity contribution in [1.29, 1.82) is 0 Å². The van der Waals surface area contributed by atoms with E-state index in [1.54, 1.807) is 0 Å². The van der Waals surface area contributed by atoms with E-state index in [4.69, 9.17) is 9.68 Å². The van der Waals surface area contributed by atoms with Gasteiger partial charge in [-0.1, -0.05) is 43.2 Å². The number of aliphatic hydroxyl groups excluding tert-OH is 1. The van der Waals surface area contributed by atoms with Crippen LogP contribution in [0.4, 0.5) is 4.79 Å². The summed E-state index contributed by atoms with van der Waals surface area (Å²) in [5, 5.41) is 12.8. The largest absolute Gasteiger partial charge is 0.364 e. The van der Waals surface area contributed by atoms with E-state index in [1.807, 2.05) is 30.3 Å². The van der Waals surface area contributed by atoms with Crippen LogP contribution in [-0.4, -0.2) is 62.9 Å². The molecule has 3 aliphatic heterocycles. The van der Waals surface area contributed by atoms with Crippen LogP contribution in [0.5, 0.6) is 0 Å². The molecule has 1 aromatic rings. The van der Waals surface area contributed by atoms with Crippen molar-refractivity contribution in [2.75, 3.05) is 6.54 Å². The van der Waals surface area contributed by atoms with E-state index < -0.39 is 12.3 Å². The van der Waals surface area contributed by atoms with E-state index in [0.29, 0.717) is 32.2 Å². The van der Waals surface area contributed by atoms with Crippen molar-refractivity contribution in [2.24, 2.45) is 11.8 Å². The molecule has 2 bridgehead atoms. The molecule has 166 valence electrons. The van der Waals surface area contributed by atoms with Gasteiger partial charge in [-0.05, 0) is 31.2 Å². The molecule has 3 unspecified atom stereocenters. The molecule has 1 saturated carbocycles. The van der Waals surface area contributed by atoms with E-state index in [0.717, 1.165) is 23.5 Å². The summed E-state index contributed by atoms with van der Waals surface area (Å²) in [4.78, 5) is 50.9. The summed E-state index contributed by atoms with van der Waals surface area (Å²) < 4.78 is 0. The highest BCUT2D eigenvalue weighted by molar-refractivity contribution is 6.04. The summed E-state index contributed by atoms with van der Waals surface area (Å²) in [6.07, 6.45) is 2.86. The maximum absolute atomic E-state index is 12.9. The van der Waals surface area contributed by atoms with Crippen molar-refractivity contribution in [3.63, 3.8) is 0 Å². The Morgan fingerprint density at radius 1 is 0.968 bits per heavy atom. The fourth-order valence-electron chi connectivity index (χ4n) is 5.26. The Morgan fingerprint density at radius 3 is 2.32 bits per heavy atom. The van der Waals surface area contributed by atoms with Crippen molar-refractivity contribution in [2.45, 2.75) is 63.5 Å². The fraction of sp³-hybridized carbons (Fsp3) is 0.591. The predicted octanol–water partition coefficient (Wildman–Crippen LogP) is 1.81. The first kappa shape index (κ1) is 20.4. The number of aliphatic hydroxyl groups is 1. The lowest BCUT2D eigenvalue weighted by atomic mass is 9.81. The van der Waals surface area contributed by atoms with E-state index in [1.165, 1.54) is 9.96 Å². The minimum absolute atomic E-state index is 0.0995. The van der Waals surface area contributed by atoms with Crippen LogP contribution in [0.3, 0.4) is 0 Å². The van der Waals surface area contributed by atoms with E-state index in [-0.39, 0.29) is 42.3 Å². The van der Waals surface area contributed by atoms with Gasteiger partial charge in [0.2, 0.25) is 6.29 Å². The van der Waals surface area contributed by atoms with E-state index >= 15 is 0 Å². The second-order valence-electron chi connectivity index (χ2n) is 8.78. The first-order valence-electron chi connectivity index (χ1n) is 11.0. The van der Waals surface area contributed by atoms with E-state index in [2.05, 4.69) is 0 Å². The highest BCUT2D eigenvalue weighted by atomic mass is 16.8. The van der Waals surface area contributed by atoms with Gasteiger partial charge in [-0.2, -0.15) is 5.06 Å². The van der Waals surface area contributed by atoms with Gasteiger partial charge >= 0.3 is 6.03 Å². The Hall–Kier alpha value is -2.49. The van der Waals surface area contributed by atoms with Crippen molar-refractivity contribution in [3.8, 4) is 0 Å². The molecule has 0 spiro atoms. The Labute approximate surface area is 180 Å². The Bertz CT molecular complexity index is 840. The molecule has 0 radical (unpaired) electrons. The number of amides is 4. The van der Waals surface area contributed by atoms with Gasteiger partial charge in [0, 0.05) is 6.54 Å². The lowest BCUT2D eigenvalue weighted by Crippen LogP contribution is -2.50. The number of urea groups is 1. The number of carbonyl (C=O) groups excluding carboxylic acids is 3. The van der Waals surface area contributed by atoms with Gasteiger partial charge in [0.1, 0.15) is 6.61 Å². The molecule has 1 aliphatic carbocycles. The number of carbonyl (C=O) groups is 3. The van der Waals surface area contributed by atoms with Crippen LogP contribution in [-0.2, 0) is 25.9 Å². The van der Waals surface area contributed by atoms with Crippen molar-refractivity contribution >= 4 is 17.8 Å². The minimum atomic E-state index is -1.45. The Kier molecular flexibility index (Phi) is 5.41. The summed E-state index contributed by atoms with van der Waals surface area (Å²) in [5.74, 6) is -1.44. The van der Waals surface area contributed by atoms with Gasteiger partial charge in [0.25, 0.3) is 11.8 Å². The van der Waals surface area contributed by atoms with Gasteiger partial charge in [-0.25, -0.2) is 9.63 Å². The zero-order valence-corrected chi connectivity index (χ0v) is 17.3. The second-order valence-corrected chi connectivity index (χ2v) is 8.78. The smallest absolute Gasteiger partial charge is 0.344 e. The van der Waals surface area contributed by atoms with E-state index in [9.17, 15) is 19.5 Å².